The molecule has 0 aliphatic rings. The average molecular weight is 595 g/mol. The molecule has 3 aromatic rings. The number of benzene rings is 3. The Morgan fingerprint density at radius 1 is 0.750 bits per heavy atom. The second-order valence-electron chi connectivity index (χ2n) is 10.1. The number of aliphatic hydroxyl groups is 1. The van der Waals surface area contributed by atoms with Crippen molar-refractivity contribution in [2.75, 3.05) is 21.3 Å². The first-order chi connectivity index (χ1) is 21.3. The average Bonchev–Trinajstić information content (AvgIpc) is 3.02. The molecule has 1 unspecified atom stereocenters. The Labute approximate surface area is 260 Å². The van der Waals surface area contributed by atoms with Crippen LogP contribution in [0.15, 0.2) is 108 Å². The largest absolute Gasteiger partial charge is 0.370 e. The fraction of sp³-hybridized carbons (Fsp3) is 0.250. The zero-order valence-electron chi connectivity index (χ0n) is 25.8. The van der Waals surface area contributed by atoms with Crippen LogP contribution in [0.5, 0.6) is 0 Å². The van der Waals surface area contributed by atoms with Crippen molar-refractivity contribution < 1.29 is 19.5 Å². The lowest BCUT2D eigenvalue weighted by Gasteiger charge is -2.18. The molecular weight excluding hydrogens is 552 g/mol. The molecule has 0 heterocycles. The molecule has 0 spiro atoms. The summed E-state index contributed by atoms with van der Waals surface area (Å²) in [5.41, 5.74) is 4.43. The molecule has 3 aromatic carbocycles. The third kappa shape index (κ3) is 10.1. The van der Waals surface area contributed by atoms with Crippen molar-refractivity contribution in [1.82, 2.24) is 0 Å². The first-order valence-electron chi connectivity index (χ1n) is 15.0. The van der Waals surface area contributed by atoms with Crippen molar-refractivity contribution in [2.24, 2.45) is 0 Å². The van der Waals surface area contributed by atoms with Crippen LogP contribution in [-0.2, 0) is 4.79 Å². The van der Waals surface area contributed by atoms with E-state index in [0.29, 0.717) is 45.9 Å². The maximum Gasteiger partial charge on any atom is 0.255 e. The number of carbonyl (C=O) groups excluding carboxylic acids is 3. The Balaban J connectivity index is 1.66. The Kier molecular flexibility index (Phi) is 13.1. The van der Waals surface area contributed by atoms with Crippen molar-refractivity contribution in [3.05, 3.63) is 119 Å². The maximum absolute atomic E-state index is 13.1. The molecule has 0 fully saturated rings. The van der Waals surface area contributed by atoms with Crippen LogP contribution in [0, 0.1) is 0 Å². The zero-order valence-corrected chi connectivity index (χ0v) is 25.8. The second-order valence-corrected chi connectivity index (χ2v) is 10.1. The van der Waals surface area contributed by atoms with Gasteiger partial charge in [-0.3, -0.25) is 14.4 Å². The number of rotatable bonds is 14. The van der Waals surface area contributed by atoms with Crippen LogP contribution in [0.1, 0.15) is 74.1 Å². The van der Waals surface area contributed by atoms with E-state index < -0.39 is 12.1 Å². The third-order valence-electron chi connectivity index (χ3n) is 6.81. The Bertz CT molecular complexity index is 1540. The normalized spacial score (nSPS) is 12.5. The van der Waals surface area contributed by atoms with E-state index in [4.69, 9.17) is 0 Å². The van der Waals surface area contributed by atoms with Crippen LogP contribution in [0.2, 0.25) is 0 Å². The van der Waals surface area contributed by atoms with Crippen molar-refractivity contribution in [3.8, 4) is 0 Å². The van der Waals surface area contributed by atoms with E-state index in [0.717, 1.165) is 24.8 Å². The SMILES string of the molecule is C/C=C\C=C(/CC)C(=O)Nc1cccc(NC(=O)c2cccc(C(=O)Nc3cccc(NC(O)/C(=C/CCC)CC)c3)c2)c1. The van der Waals surface area contributed by atoms with Crippen LogP contribution in [-0.4, -0.2) is 29.1 Å². The molecule has 0 saturated carbocycles. The van der Waals surface area contributed by atoms with Crippen molar-refractivity contribution >= 4 is 40.5 Å². The highest BCUT2D eigenvalue weighted by molar-refractivity contribution is 6.09. The first kappa shape index (κ1) is 33.6. The van der Waals surface area contributed by atoms with Gasteiger partial charge in [-0.1, -0.05) is 69.7 Å². The third-order valence-corrected chi connectivity index (χ3v) is 6.81. The highest BCUT2D eigenvalue weighted by Crippen LogP contribution is 2.21. The van der Waals surface area contributed by atoms with Crippen molar-refractivity contribution in [3.63, 3.8) is 0 Å². The molecule has 5 N–H and O–H groups in total. The van der Waals surface area contributed by atoms with E-state index in [1.807, 2.05) is 45.1 Å². The van der Waals surface area contributed by atoms with Gasteiger partial charge in [-0.15, -0.1) is 0 Å². The molecular formula is C36H42N4O4. The number of allylic oxidation sites excluding steroid dienone is 4. The predicted octanol–water partition coefficient (Wildman–Crippen LogP) is 7.91. The fourth-order valence-electron chi connectivity index (χ4n) is 4.38. The summed E-state index contributed by atoms with van der Waals surface area (Å²) in [6, 6.07) is 20.4. The topological polar surface area (TPSA) is 120 Å². The van der Waals surface area contributed by atoms with Gasteiger partial charge in [0, 0.05) is 39.4 Å². The minimum atomic E-state index is -0.821. The van der Waals surface area contributed by atoms with Gasteiger partial charge in [0.15, 0.2) is 0 Å². The van der Waals surface area contributed by atoms with Gasteiger partial charge in [-0.2, -0.15) is 0 Å². The van der Waals surface area contributed by atoms with Gasteiger partial charge >= 0.3 is 0 Å². The van der Waals surface area contributed by atoms with Crippen LogP contribution < -0.4 is 21.3 Å². The molecule has 8 nitrogen and oxygen atoms in total. The molecule has 0 radical (unpaired) electrons. The summed E-state index contributed by atoms with van der Waals surface area (Å²) in [5.74, 6) is -0.981. The van der Waals surface area contributed by atoms with Gasteiger partial charge in [0.2, 0.25) is 0 Å². The van der Waals surface area contributed by atoms with Gasteiger partial charge in [0.05, 0.1) is 0 Å². The number of anilines is 4. The lowest BCUT2D eigenvalue weighted by Crippen LogP contribution is -2.21. The number of unbranched alkanes of at least 4 members (excludes halogenated alkanes) is 1. The minimum absolute atomic E-state index is 0.209. The van der Waals surface area contributed by atoms with Gasteiger partial charge in [0.25, 0.3) is 17.7 Å². The molecule has 0 aromatic heterocycles. The monoisotopic (exact) mass is 594 g/mol. The standard InChI is InChI=1S/C36H42N4O4/c1-5-9-14-25(7-3)33(41)37-29-18-12-20-31(23-29)39-35(43)27-16-11-17-28(22-27)36(44)40-32-21-13-19-30(24-32)38-34(42)26(8-4)15-10-6-2/h5,9,11-24,34,38,42H,6-8,10H2,1-4H3,(H,37,41)(H,39,43)(H,40,44)/b9-5-,25-14+,26-15+. The highest BCUT2D eigenvalue weighted by Gasteiger charge is 2.14. The number of hydrogen-bond acceptors (Lipinski definition) is 5. The Hall–Kier alpha value is -4.95. The summed E-state index contributed by atoms with van der Waals surface area (Å²) in [6.45, 7) is 7.89. The fourth-order valence-corrected chi connectivity index (χ4v) is 4.38. The summed E-state index contributed by atoms with van der Waals surface area (Å²) in [5, 5.41) is 22.3. The molecule has 8 heteroatoms. The predicted molar refractivity (Wildman–Crippen MR) is 180 cm³/mol. The van der Waals surface area contributed by atoms with E-state index in [-0.39, 0.29) is 11.8 Å². The van der Waals surface area contributed by atoms with Gasteiger partial charge in [-0.05, 0) is 86.4 Å². The van der Waals surface area contributed by atoms with E-state index >= 15 is 0 Å². The smallest absolute Gasteiger partial charge is 0.255 e. The molecule has 0 bridgehead atoms. The minimum Gasteiger partial charge on any atom is -0.370 e. The highest BCUT2D eigenvalue weighted by atomic mass is 16.3. The first-order valence-corrected chi connectivity index (χ1v) is 15.0. The molecule has 3 amide bonds. The van der Waals surface area contributed by atoms with Gasteiger partial charge in [0.1, 0.15) is 6.23 Å². The quantitative estimate of drug-likeness (QED) is 0.0562. The molecule has 3 rings (SSSR count). The molecule has 0 aliphatic carbocycles. The van der Waals surface area contributed by atoms with Crippen molar-refractivity contribution in [2.45, 2.75) is 59.6 Å². The lowest BCUT2D eigenvalue weighted by atomic mass is 10.1. The number of nitrogens with one attached hydrogen (secondary N) is 4. The number of hydrogen-bond donors (Lipinski definition) is 5. The molecule has 44 heavy (non-hydrogen) atoms. The summed E-state index contributed by atoms with van der Waals surface area (Å²) < 4.78 is 0. The lowest BCUT2D eigenvalue weighted by molar-refractivity contribution is -0.113. The number of aliphatic hydroxyl groups excluding tert-OH is 1. The molecule has 1 atom stereocenters. The Morgan fingerprint density at radius 2 is 1.30 bits per heavy atom. The summed E-state index contributed by atoms with van der Waals surface area (Å²) in [4.78, 5) is 38.8. The molecule has 230 valence electrons. The summed E-state index contributed by atoms with van der Waals surface area (Å²) in [6.07, 6.45) is 9.89. The van der Waals surface area contributed by atoms with Crippen LogP contribution in [0.25, 0.3) is 0 Å². The summed E-state index contributed by atoms with van der Waals surface area (Å²) >= 11 is 0. The maximum atomic E-state index is 13.1. The van der Waals surface area contributed by atoms with E-state index in [1.54, 1.807) is 66.7 Å². The van der Waals surface area contributed by atoms with Crippen molar-refractivity contribution in [1.29, 1.82) is 0 Å². The van der Waals surface area contributed by atoms with Crippen LogP contribution in [0.3, 0.4) is 0 Å². The van der Waals surface area contributed by atoms with E-state index in [1.165, 1.54) is 6.07 Å². The van der Waals surface area contributed by atoms with Crippen LogP contribution in [0.4, 0.5) is 22.7 Å². The number of amides is 3. The number of carbonyl (C=O) groups is 3. The van der Waals surface area contributed by atoms with Gasteiger partial charge < -0.3 is 26.4 Å². The Morgan fingerprint density at radius 3 is 1.84 bits per heavy atom. The van der Waals surface area contributed by atoms with E-state index in [2.05, 4.69) is 28.2 Å². The van der Waals surface area contributed by atoms with Gasteiger partial charge in [-0.25, -0.2) is 0 Å². The molecule has 0 saturated heterocycles. The zero-order chi connectivity index (χ0) is 31.9. The second kappa shape index (κ2) is 17.2. The summed E-state index contributed by atoms with van der Waals surface area (Å²) in [7, 11) is 0. The molecule has 0 aliphatic heterocycles. The van der Waals surface area contributed by atoms with Crippen LogP contribution >= 0.6 is 0 Å². The van der Waals surface area contributed by atoms with E-state index in [9.17, 15) is 19.5 Å².